The molecule has 2 fully saturated rings. The van der Waals surface area contributed by atoms with Crippen molar-refractivity contribution in [3.05, 3.63) is 48.5 Å². The minimum atomic E-state index is -3.89. The Hall–Kier alpha value is -0.940. The summed E-state index contributed by atoms with van der Waals surface area (Å²) in [6.07, 6.45) is 5.89. The summed E-state index contributed by atoms with van der Waals surface area (Å²) < 4.78 is 3.97. The molecule has 0 spiro atoms. The van der Waals surface area contributed by atoms with Gasteiger partial charge in [0.05, 0.1) is 0 Å². The van der Waals surface area contributed by atoms with Crippen LogP contribution in [-0.4, -0.2) is 51.1 Å². The first-order valence-electron chi connectivity index (χ1n) is 14.0. The number of rotatable bonds is 5. The predicted octanol–water partition coefficient (Wildman–Crippen LogP) is 5.65. The van der Waals surface area contributed by atoms with Crippen molar-refractivity contribution in [2.75, 3.05) is 0 Å². The first-order valence-corrected chi connectivity index (χ1v) is 17.7. The number of piperidine rings is 2. The van der Waals surface area contributed by atoms with Crippen molar-refractivity contribution in [2.45, 2.75) is 116 Å². The molecule has 38 heavy (non-hydrogen) atoms. The Bertz CT molecular complexity index is 1020. The molecule has 2 aliphatic heterocycles. The van der Waals surface area contributed by atoms with Crippen LogP contribution in [0.3, 0.4) is 0 Å². The SMILES string of the molecule is CC1(C)CCCC(C)(C)N1[PH](O)(O)c1ccc(-c2ccc([PH](O)(O)N3C(C)(C)CCCC3(C)C)cc2)cc1. The maximum absolute atomic E-state index is 11.5. The van der Waals surface area contributed by atoms with Crippen LogP contribution >= 0.6 is 15.7 Å². The second kappa shape index (κ2) is 9.86. The Morgan fingerprint density at radius 1 is 0.474 bits per heavy atom. The average Bonchev–Trinajstić information content (AvgIpc) is 2.76. The van der Waals surface area contributed by atoms with Crippen LogP contribution in [0.15, 0.2) is 48.5 Å². The van der Waals surface area contributed by atoms with Crippen molar-refractivity contribution in [3.63, 3.8) is 0 Å². The van der Waals surface area contributed by atoms with E-state index in [2.05, 4.69) is 55.4 Å². The van der Waals surface area contributed by atoms with Crippen LogP contribution in [0.4, 0.5) is 0 Å². The van der Waals surface area contributed by atoms with Crippen LogP contribution in [-0.2, 0) is 0 Å². The summed E-state index contributed by atoms with van der Waals surface area (Å²) >= 11 is 0. The molecule has 4 rings (SSSR count). The Kier molecular flexibility index (Phi) is 7.79. The third-order valence-corrected chi connectivity index (χ3v) is 15.0. The Morgan fingerprint density at radius 3 is 0.947 bits per heavy atom. The van der Waals surface area contributed by atoms with Gasteiger partial charge < -0.3 is 0 Å². The molecule has 6 nitrogen and oxygen atoms in total. The van der Waals surface area contributed by atoms with Gasteiger partial charge in [0.2, 0.25) is 0 Å². The van der Waals surface area contributed by atoms with Gasteiger partial charge in [-0.1, -0.05) is 0 Å². The number of hydrogen-bond donors (Lipinski definition) is 4. The fraction of sp³-hybridized carbons (Fsp3) is 0.600. The van der Waals surface area contributed by atoms with Crippen molar-refractivity contribution >= 4 is 26.3 Å². The van der Waals surface area contributed by atoms with Crippen LogP contribution in [0.1, 0.15) is 93.9 Å². The summed E-state index contributed by atoms with van der Waals surface area (Å²) in [5, 5.41) is 1.15. The molecule has 0 aliphatic carbocycles. The zero-order chi connectivity index (χ0) is 28.4. The van der Waals surface area contributed by atoms with E-state index in [0.717, 1.165) is 49.7 Å². The summed E-state index contributed by atoms with van der Waals surface area (Å²) in [5.41, 5.74) is 0.708. The normalized spacial score (nSPS) is 24.6. The van der Waals surface area contributed by atoms with Crippen molar-refractivity contribution in [1.29, 1.82) is 0 Å². The summed E-state index contributed by atoms with van der Waals surface area (Å²) in [6.45, 7) is 16.9. The fourth-order valence-electron chi connectivity index (χ4n) is 7.71. The summed E-state index contributed by atoms with van der Waals surface area (Å²) in [4.78, 5) is 46.2. The predicted molar refractivity (Wildman–Crippen MR) is 164 cm³/mol. The standard InChI is InChI=1S/C30H50N2O4P2/c1-27(2)19-9-20-28(3,4)31(27)37(33,34)25-15-11-23(12-16-25)24-13-17-26(18-14-24)38(35,36)32-29(5,6)21-10-22-30(32,7)8/h11-18,33-38H,9-10,19-22H2,1-8H3. The molecule has 4 N–H and O–H groups in total. The molecule has 0 radical (unpaired) electrons. The van der Waals surface area contributed by atoms with Crippen LogP contribution in [0.5, 0.6) is 0 Å². The van der Waals surface area contributed by atoms with Crippen molar-refractivity contribution < 1.29 is 19.6 Å². The third-order valence-electron chi connectivity index (χ3n) is 9.08. The minimum absolute atomic E-state index is 0.297. The third kappa shape index (κ3) is 5.37. The molecule has 2 saturated heterocycles. The molecule has 2 aromatic rings. The molecule has 2 aliphatic rings. The Labute approximate surface area is 230 Å². The van der Waals surface area contributed by atoms with Crippen LogP contribution in [0, 0.1) is 0 Å². The molecular formula is C30H50N2O4P2. The average molecular weight is 565 g/mol. The molecule has 0 aromatic heterocycles. The molecule has 0 amide bonds. The molecule has 0 unspecified atom stereocenters. The van der Waals surface area contributed by atoms with Crippen molar-refractivity contribution in [2.24, 2.45) is 0 Å². The first kappa shape index (κ1) is 30.0. The van der Waals surface area contributed by atoms with Gasteiger partial charge in [-0.3, -0.25) is 0 Å². The zero-order valence-corrected chi connectivity index (χ0v) is 26.5. The van der Waals surface area contributed by atoms with Gasteiger partial charge in [-0.25, -0.2) is 0 Å². The van der Waals surface area contributed by atoms with Crippen molar-refractivity contribution in [1.82, 2.24) is 9.34 Å². The van der Waals surface area contributed by atoms with E-state index in [1.807, 2.05) is 57.9 Å². The van der Waals surface area contributed by atoms with Gasteiger partial charge in [-0.05, 0) is 0 Å². The van der Waals surface area contributed by atoms with E-state index in [0.29, 0.717) is 10.6 Å². The van der Waals surface area contributed by atoms with Crippen LogP contribution in [0.25, 0.3) is 11.1 Å². The molecule has 214 valence electrons. The maximum atomic E-state index is 11.5. The Balaban J connectivity index is 1.60. The van der Waals surface area contributed by atoms with Gasteiger partial charge in [0.1, 0.15) is 0 Å². The molecular weight excluding hydrogens is 514 g/mol. The fourth-order valence-corrected chi connectivity index (χ4v) is 13.3. The summed E-state index contributed by atoms with van der Waals surface area (Å²) in [7, 11) is -7.77. The van der Waals surface area contributed by atoms with Gasteiger partial charge >= 0.3 is 231 Å². The summed E-state index contributed by atoms with van der Waals surface area (Å²) in [5.74, 6) is 0. The molecule has 8 heteroatoms. The monoisotopic (exact) mass is 564 g/mol. The molecule has 2 heterocycles. The zero-order valence-electron chi connectivity index (χ0n) is 24.5. The van der Waals surface area contributed by atoms with E-state index >= 15 is 0 Å². The number of hydrogen-bond acceptors (Lipinski definition) is 6. The topological polar surface area (TPSA) is 87.4 Å². The van der Waals surface area contributed by atoms with E-state index in [-0.39, 0.29) is 22.2 Å². The van der Waals surface area contributed by atoms with Gasteiger partial charge in [0.15, 0.2) is 0 Å². The van der Waals surface area contributed by atoms with E-state index < -0.39 is 15.7 Å². The molecule has 0 atom stereocenters. The Morgan fingerprint density at radius 2 is 0.711 bits per heavy atom. The molecule has 2 aromatic carbocycles. The molecule has 0 bridgehead atoms. The number of nitrogens with zero attached hydrogens (tertiary/aromatic N) is 2. The van der Waals surface area contributed by atoms with Crippen molar-refractivity contribution in [3.8, 4) is 11.1 Å². The summed E-state index contributed by atoms with van der Waals surface area (Å²) in [6, 6.07) is 15.1. The second-order valence-electron chi connectivity index (χ2n) is 14.1. The second-order valence-corrected chi connectivity index (χ2v) is 18.6. The van der Waals surface area contributed by atoms with Crippen LogP contribution in [0.2, 0.25) is 0 Å². The van der Waals surface area contributed by atoms with E-state index in [9.17, 15) is 19.6 Å². The van der Waals surface area contributed by atoms with E-state index in [1.165, 1.54) is 0 Å². The van der Waals surface area contributed by atoms with E-state index in [4.69, 9.17) is 0 Å². The van der Waals surface area contributed by atoms with E-state index in [1.54, 1.807) is 0 Å². The van der Waals surface area contributed by atoms with Gasteiger partial charge in [0.25, 0.3) is 0 Å². The quantitative estimate of drug-likeness (QED) is 0.351. The van der Waals surface area contributed by atoms with Gasteiger partial charge in [-0.15, -0.1) is 0 Å². The van der Waals surface area contributed by atoms with Gasteiger partial charge in [0, 0.05) is 0 Å². The van der Waals surface area contributed by atoms with Crippen LogP contribution < -0.4 is 10.6 Å². The number of benzene rings is 2. The molecule has 0 saturated carbocycles. The first-order chi connectivity index (χ1) is 17.3. The van der Waals surface area contributed by atoms with Gasteiger partial charge in [-0.2, -0.15) is 0 Å².